The first kappa shape index (κ1) is 22.1. The van der Waals surface area contributed by atoms with Crippen LogP contribution in [0.15, 0.2) is 42.9 Å². The quantitative estimate of drug-likeness (QED) is 0.455. The molecular weight excluding hydrogens is 399 g/mol. The Morgan fingerprint density at radius 3 is 2.52 bits per heavy atom. The van der Waals surface area contributed by atoms with Crippen molar-refractivity contribution in [3.05, 3.63) is 48.7 Å². The molecule has 0 aliphatic rings. The number of carbonyl (C=O) groups is 1. The third-order valence-corrected chi connectivity index (χ3v) is 4.45. The largest absolute Gasteiger partial charge is 0.456 e. The van der Waals surface area contributed by atoms with Crippen molar-refractivity contribution < 1.29 is 13.9 Å². The lowest BCUT2D eigenvalue weighted by molar-refractivity contribution is -0.146. The van der Waals surface area contributed by atoms with Gasteiger partial charge in [0.05, 0.1) is 23.4 Å². The SMILES string of the molecule is CC(CC(=N)C(=O)OC(C)(C)C)n1cnc(-c2ccc(F)cc2)c1-c1ccnc(N)n1. The van der Waals surface area contributed by atoms with E-state index in [1.807, 2.05) is 11.5 Å². The molecule has 0 amide bonds. The van der Waals surface area contributed by atoms with Crippen molar-refractivity contribution in [1.29, 1.82) is 5.41 Å². The summed E-state index contributed by atoms with van der Waals surface area (Å²) >= 11 is 0. The fraction of sp³-hybridized carbons (Fsp3) is 0.318. The molecule has 0 radical (unpaired) electrons. The van der Waals surface area contributed by atoms with Crippen molar-refractivity contribution in [2.75, 3.05) is 5.73 Å². The van der Waals surface area contributed by atoms with E-state index < -0.39 is 11.6 Å². The van der Waals surface area contributed by atoms with Crippen molar-refractivity contribution in [2.45, 2.75) is 45.8 Å². The molecular formula is C22H25FN6O2. The summed E-state index contributed by atoms with van der Waals surface area (Å²) in [6, 6.07) is 7.35. The number of aromatic nitrogens is 4. The highest BCUT2D eigenvalue weighted by atomic mass is 19.1. The van der Waals surface area contributed by atoms with Gasteiger partial charge in [-0.05, 0) is 58.0 Å². The Labute approximate surface area is 179 Å². The van der Waals surface area contributed by atoms with Gasteiger partial charge in [0.25, 0.3) is 0 Å². The summed E-state index contributed by atoms with van der Waals surface area (Å²) in [4.78, 5) is 25.0. The highest BCUT2D eigenvalue weighted by molar-refractivity contribution is 6.35. The van der Waals surface area contributed by atoms with E-state index in [1.54, 1.807) is 45.3 Å². The number of carbonyl (C=O) groups excluding carboxylic acids is 1. The zero-order valence-electron chi connectivity index (χ0n) is 17.9. The maximum atomic E-state index is 13.4. The second-order valence-corrected chi connectivity index (χ2v) is 8.19. The number of rotatable bonds is 6. The first-order valence-corrected chi connectivity index (χ1v) is 9.77. The van der Waals surface area contributed by atoms with Crippen LogP contribution < -0.4 is 5.73 Å². The smallest absolute Gasteiger partial charge is 0.352 e. The lowest BCUT2D eigenvalue weighted by Crippen LogP contribution is -2.29. The Morgan fingerprint density at radius 2 is 1.90 bits per heavy atom. The molecule has 1 unspecified atom stereocenters. The van der Waals surface area contributed by atoms with Gasteiger partial charge in [-0.2, -0.15) is 0 Å². The second-order valence-electron chi connectivity index (χ2n) is 8.19. The van der Waals surface area contributed by atoms with Gasteiger partial charge in [0.2, 0.25) is 5.95 Å². The van der Waals surface area contributed by atoms with Crippen LogP contribution in [0.1, 0.15) is 40.2 Å². The number of nitrogens with two attached hydrogens (primary N) is 1. The van der Waals surface area contributed by atoms with E-state index >= 15 is 0 Å². The second kappa shape index (κ2) is 8.63. The number of imidazole rings is 1. The molecule has 3 N–H and O–H groups in total. The van der Waals surface area contributed by atoms with Crippen LogP contribution in [0.3, 0.4) is 0 Å². The monoisotopic (exact) mass is 424 g/mol. The number of nitrogens with one attached hydrogen (secondary N) is 1. The van der Waals surface area contributed by atoms with Crippen LogP contribution in [0.25, 0.3) is 22.6 Å². The van der Waals surface area contributed by atoms with Gasteiger partial charge in [0.15, 0.2) is 0 Å². The van der Waals surface area contributed by atoms with E-state index in [0.717, 1.165) is 0 Å². The molecule has 0 aliphatic heterocycles. The van der Waals surface area contributed by atoms with Gasteiger partial charge >= 0.3 is 5.97 Å². The molecule has 162 valence electrons. The summed E-state index contributed by atoms with van der Waals surface area (Å²) in [7, 11) is 0. The summed E-state index contributed by atoms with van der Waals surface area (Å²) in [5, 5.41) is 8.16. The van der Waals surface area contributed by atoms with E-state index in [1.165, 1.54) is 18.3 Å². The molecule has 8 nitrogen and oxygen atoms in total. The van der Waals surface area contributed by atoms with Crippen LogP contribution in [0, 0.1) is 11.2 Å². The molecule has 0 bridgehead atoms. The Morgan fingerprint density at radius 1 is 1.23 bits per heavy atom. The van der Waals surface area contributed by atoms with Gasteiger partial charge in [-0.15, -0.1) is 0 Å². The van der Waals surface area contributed by atoms with Crippen molar-refractivity contribution in [3.8, 4) is 22.6 Å². The number of ether oxygens (including phenoxy) is 1. The number of hydrogen-bond donors (Lipinski definition) is 2. The molecule has 0 saturated heterocycles. The van der Waals surface area contributed by atoms with E-state index in [2.05, 4.69) is 15.0 Å². The van der Waals surface area contributed by atoms with Crippen LogP contribution in [0.5, 0.6) is 0 Å². The number of halogens is 1. The first-order valence-electron chi connectivity index (χ1n) is 9.77. The van der Waals surface area contributed by atoms with Gasteiger partial charge in [0, 0.05) is 24.2 Å². The predicted octanol–water partition coefficient (Wildman–Crippen LogP) is 4.04. The molecule has 31 heavy (non-hydrogen) atoms. The summed E-state index contributed by atoms with van der Waals surface area (Å²) in [6.07, 6.45) is 3.28. The Hall–Kier alpha value is -3.62. The molecule has 1 aromatic carbocycles. The van der Waals surface area contributed by atoms with Gasteiger partial charge < -0.3 is 15.0 Å². The normalized spacial score (nSPS) is 12.4. The van der Waals surface area contributed by atoms with Crippen LogP contribution in [0.4, 0.5) is 10.3 Å². The lowest BCUT2D eigenvalue weighted by atomic mass is 10.1. The Bertz CT molecular complexity index is 1100. The van der Waals surface area contributed by atoms with E-state index in [-0.39, 0.29) is 29.9 Å². The Balaban J connectivity index is 1.99. The highest BCUT2D eigenvalue weighted by Crippen LogP contribution is 2.33. The molecule has 2 aromatic heterocycles. The molecule has 3 rings (SSSR count). The van der Waals surface area contributed by atoms with Crippen molar-refractivity contribution in [1.82, 2.24) is 19.5 Å². The number of benzene rings is 1. The van der Waals surface area contributed by atoms with E-state index in [9.17, 15) is 9.18 Å². The molecule has 0 fully saturated rings. The van der Waals surface area contributed by atoms with Gasteiger partial charge in [0.1, 0.15) is 17.1 Å². The summed E-state index contributed by atoms with van der Waals surface area (Å²) in [5.74, 6) is -0.911. The highest BCUT2D eigenvalue weighted by Gasteiger charge is 2.25. The Kier molecular flexibility index (Phi) is 6.14. The minimum absolute atomic E-state index is 0.101. The molecule has 0 aliphatic carbocycles. The average Bonchev–Trinajstić information content (AvgIpc) is 3.12. The minimum atomic E-state index is -0.680. The van der Waals surface area contributed by atoms with Gasteiger partial charge in [-0.1, -0.05) is 0 Å². The van der Waals surface area contributed by atoms with Crippen molar-refractivity contribution in [3.63, 3.8) is 0 Å². The van der Waals surface area contributed by atoms with Crippen molar-refractivity contribution >= 4 is 17.6 Å². The average molecular weight is 424 g/mol. The first-order chi connectivity index (χ1) is 14.5. The molecule has 3 aromatic rings. The van der Waals surface area contributed by atoms with E-state index in [0.29, 0.717) is 22.6 Å². The standard InChI is InChI=1S/C22H25FN6O2/c1-13(11-16(24)20(30)31-22(2,3)4)29-12-27-18(14-5-7-15(23)8-6-14)19(29)17-9-10-26-21(25)28-17/h5-10,12-13,24H,11H2,1-4H3,(H2,25,26,28). The van der Waals surface area contributed by atoms with Gasteiger partial charge in [-0.3, -0.25) is 5.41 Å². The topological polar surface area (TPSA) is 120 Å². The van der Waals surface area contributed by atoms with Gasteiger partial charge in [-0.25, -0.2) is 24.1 Å². The minimum Gasteiger partial charge on any atom is -0.456 e. The zero-order valence-corrected chi connectivity index (χ0v) is 17.9. The summed E-state index contributed by atoms with van der Waals surface area (Å²) in [5.41, 5.74) is 7.39. The number of nitrogen functional groups attached to an aromatic ring is 1. The van der Waals surface area contributed by atoms with E-state index in [4.69, 9.17) is 15.9 Å². The number of anilines is 1. The lowest BCUT2D eigenvalue weighted by Gasteiger charge is -2.21. The summed E-state index contributed by atoms with van der Waals surface area (Å²) in [6.45, 7) is 7.13. The molecule has 0 spiro atoms. The fourth-order valence-corrected chi connectivity index (χ4v) is 3.09. The van der Waals surface area contributed by atoms with Crippen molar-refractivity contribution in [2.24, 2.45) is 0 Å². The number of nitrogens with zero attached hydrogens (tertiary/aromatic N) is 4. The molecule has 0 saturated carbocycles. The molecule has 2 heterocycles. The maximum absolute atomic E-state index is 13.4. The number of hydrogen-bond acceptors (Lipinski definition) is 7. The third-order valence-electron chi connectivity index (χ3n) is 4.45. The van der Waals surface area contributed by atoms with Crippen LogP contribution in [0.2, 0.25) is 0 Å². The third kappa shape index (κ3) is 5.30. The molecule has 1 atom stereocenters. The summed E-state index contributed by atoms with van der Waals surface area (Å²) < 4.78 is 20.5. The fourth-order valence-electron chi connectivity index (χ4n) is 3.09. The van der Waals surface area contributed by atoms with Crippen LogP contribution in [-0.2, 0) is 9.53 Å². The number of esters is 1. The van der Waals surface area contributed by atoms with Crippen LogP contribution in [-0.4, -0.2) is 36.8 Å². The maximum Gasteiger partial charge on any atom is 0.352 e. The zero-order chi connectivity index (χ0) is 22.8. The molecule has 9 heteroatoms. The predicted molar refractivity (Wildman–Crippen MR) is 116 cm³/mol. The van der Waals surface area contributed by atoms with Crippen LogP contribution >= 0.6 is 0 Å².